The van der Waals surface area contributed by atoms with Gasteiger partial charge in [-0.2, -0.15) is 0 Å². The van der Waals surface area contributed by atoms with Crippen LogP contribution in [0.1, 0.15) is 12.2 Å². The predicted molar refractivity (Wildman–Crippen MR) is 121 cm³/mol. The van der Waals surface area contributed by atoms with E-state index in [0.29, 0.717) is 49.4 Å². The van der Waals surface area contributed by atoms with Gasteiger partial charge in [0, 0.05) is 49.3 Å². The molecule has 2 saturated heterocycles. The summed E-state index contributed by atoms with van der Waals surface area (Å²) in [5.74, 6) is 1.03. The molecule has 5 rings (SSSR count). The summed E-state index contributed by atoms with van der Waals surface area (Å²) < 4.78 is 27.9. The second kappa shape index (κ2) is 8.42. The van der Waals surface area contributed by atoms with Crippen molar-refractivity contribution in [2.24, 2.45) is 13.0 Å². The van der Waals surface area contributed by atoms with Gasteiger partial charge in [-0.3, -0.25) is 9.36 Å². The molecular weight excluding hydrogens is 435 g/mol. The fourth-order valence-electron chi connectivity index (χ4n) is 4.43. The number of fused-ring (bicyclic) bond motifs is 1. The van der Waals surface area contributed by atoms with Crippen LogP contribution in [0.4, 0.5) is 10.2 Å². The van der Waals surface area contributed by atoms with Crippen molar-refractivity contribution in [3.8, 4) is 11.3 Å². The first kappa shape index (κ1) is 21.3. The molecule has 9 heteroatoms. The number of ether oxygens (including phenoxy) is 2. The normalized spacial score (nSPS) is 21.4. The Morgan fingerprint density at radius 1 is 1.22 bits per heavy atom. The van der Waals surface area contributed by atoms with Gasteiger partial charge >= 0.3 is 0 Å². The number of aryl methyl sites for hydroxylation is 1. The van der Waals surface area contributed by atoms with Crippen LogP contribution in [0.3, 0.4) is 0 Å². The molecule has 2 aliphatic heterocycles. The van der Waals surface area contributed by atoms with Gasteiger partial charge in [0.05, 0.1) is 35.9 Å². The largest absolute Gasteiger partial charge is 0.381 e. The van der Waals surface area contributed by atoms with Crippen LogP contribution >= 0.6 is 11.6 Å². The molecule has 0 amide bonds. The number of aromatic nitrogens is 3. The van der Waals surface area contributed by atoms with Gasteiger partial charge in [-0.25, -0.2) is 14.4 Å². The zero-order chi connectivity index (χ0) is 22.4. The van der Waals surface area contributed by atoms with Crippen LogP contribution in [-0.2, 0) is 16.5 Å². The quantitative estimate of drug-likeness (QED) is 0.599. The second-order valence-electron chi connectivity index (χ2n) is 8.35. The summed E-state index contributed by atoms with van der Waals surface area (Å²) in [6.07, 6.45) is 1.01. The van der Waals surface area contributed by atoms with Crippen molar-refractivity contribution in [1.29, 1.82) is 0 Å². The molecule has 2 aromatic heterocycles. The third-order valence-corrected chi connectivity index (χ3v) is 6.60. The number of morpholine rings is 1. The molecule has 0 spiro atoms. The zero-order valence-corrected chi connectivity index (χ0v) is 18.7. The van der Waals surface area contributed by atoms with E-state index in [4.69, 9.17) is 26.1 Å². The topological polar surface area (TPSA) is 69.5 Å². The summed E-state index contributed by atoms with van der Waals surface area (Å²) >= 11 is 5.96. The molecule has 32 heavy (non-hydrogen) atoms. The Balaban J connectivity index is 1.66. The van der Waals surface area contributed by atoms with Crippen LogP contribution in [-0.4, -0.2) is 53.5 Å². The van der Waals surface area contributed by atoms with E-state index in [-0.39, 0.29) is 33.3 Å². The van der Waals surface area contributed by atoms with Crippen LogP contribution < -0.4 is 10.5 Å². The van der Waals surface area contributed by atoms with Crippen molar-refractivity contribution in [3.05, 3.63) is 51.3 Å². The molecule has 2 aliphatic rings. The summed E-state index contributed by atoms with van der Waals surface area (Å²) in [5, 5.41) is 0.570. The maximum absolute atomic E-state index is 14.9. The lowest BCUT2D eigenvalue weighted by Gasteiger charge is -2.36. The van der Waals surface area contributed by atoms with E-state index < -0.39 is 5.82 Å². The summed E-state index contributed by atoms with van der Waals surface area (Å²) in [6.45, 7) is 5.09. The van der Waals surface area contributed by atoms with E-state index >= 15 is 0 Å². The van der Waals surface area contributed by atoms with E-state index in [1.807, 2.05) is 6.07 Å². The SMILES string of the molecule is Cc1nc2cc(N3CCO[C@H]([C@H]4CCOC4)C3)nc(-c3ccc(Cl)cc3F)c2c(=O)n1C. The van der Waals surface area contributed by atoms with Crippen LogP contribution in [0.2, 0.25) is 5.02 Å². The number of rotatable bonds is 3. The molecule has 2 atom stereocenters. The lowest BCUT2D eigenvalue weighted by molar-refractivity contribution is -0.00145. The van der Waals surface area contributed by atoms with E-state index in [2.05, 4.69) is 9.88 Å². The van der Waals surface area contributed by atoms with Crippen molar-refractivity contribution in [2.75, 3.05) is 37.8 Å². The molecule has 7 nitrogen and oxygen atoms in total. The highest BCUT2D eigenvalue weighted by Crippen LogP contribution is 2.32. The maximum Gasteiger partial charge on any atom is 0.263 e. The molecule has 0 aliphatic carbocycles. The number of nitrogens with zero attached hydrogens (tertiary/aromatic N) is 4. The number of anilines is 1. The minimum atomic E-state index is -0.533. The lowest BCUT2D eigenvalue weighted by Crippen LogP contribution is -2.46. The Kier molecular flexibility index (Phi) is 5.61. The van der Waals surface area contributed by atoms with Crippen molar-refractivity contribution < 1.29 is 13.9 Å². The summed E-state index contributed by atoms with van der Waals surface area (Å²) in [6, 6.07) is 6.19. The van der Waals surface area contributed by atoms with Crippen molar-refractivity contribution >= 4 is 28.3 Å². The summed E-state index contributed by atoms with van der Waals surface area (Å²) in [4.78, 5) is 24.6. The van der Waals surface area contributed by atoms with Gasteiger partial charge in [-0.1, -0.05) is 11.6 Å². The van der Waals surface area contributed by atoms with E-state index in [9.17, 15) is 9.18 Å². The minimum Gasteiger partial charge on any atom is -0.381 e. The number of hydrogen-bond acceptors (Lipinski definition) is 6. The highest BCUT2D eigenvalue weighted by molar-refractivity contribution is 6.30. The highest BCUT2D eigenvalue weighted by atomic mass is 35.5. The summed E-state index contributed by atoms with van der Waals surface area (Å²) in [7, 11) is 1.65. The maximum atomic E-state index is 14.9. The average Bonchev–Trinajstić information content (AvgIpc) is 3.32. The first-order valence-electron chi connectivity index (χ1n) is 10.7. The van der Waals surface area contributed by atoms with Gasteiger partial charge < -0.3 is 14.4 Å². The first-order valence-corrected chi connectivity index (χ1v) is 11.1. The molecule has 0 saturated carbocycles. The lowest BCUT2D eigenvalue weighted by atomic mass is 10.00. The standard InChI is InChI=1S/C23H24ClFN4O3/c1-13-26-18-10-20(29-6-8-32-19(11-29)14-5-7-31-12-14)27-22(21(18)23(30)28(13)2)16-4-3-15(24)9-17(16)25/h3-4,9-10,14,19H,5-8,11-12H2,1-2H3/t14-,19-/m0/s1. The predicted octanol–water partition coefficient (Wildman–Crippen LogP) is 3.34. The Bertz CT molecular complexity index is 1240. The minimum absolute atomic E-state index is 0.0396. The van der Waals surface area contributed by atoms with Gasteiger partial charge in [-0.05, 0) is 31.5 Å². The molecule has 168 valence electrons. The number of benzene rings is 1. The molecule has 4 heterocycles. The molecule has 3 aromatic rings. The molecule has 2 fully saturated rings. The van der Waals surface area contributed by atoms with Gasteiger partial charge in [-0.15, -0.1) is 0 Å². The third kappa shape index (κ3) is 3.76. The average molecular weight is 459 g/mol. The van der Waals surface area contributed by atoms with Crippen LogP contribution in [0.15, 0.2) is 29.1 Å². The van der Waals surface area contributed by atoms with Crippen molar-refractivity contribution in [1.82, 2.24) is 14.5 Å². The van der Waals surface area contributed by atoms with Crippen LogP contribution in [0.5, 0.6) is 0 Å². The van der Waals surface area contributed by atoms with Gasteiger partial charge in [0.1, 0.15) is 17.5 Å². The zero-order valence-electron chi connectivity index (χ0n) is 18.0. The van der Waals surface area contributed by atoms with Crippen molar-refractivity contribution in [2.45, 2.75) is 19.4 Å². The molecular formula is C23H24ClFN4O3. The van der Waals surface area contributed by atoms with E-state index in [1.165, 1.54) is 10.6 Å². The highest BCUT2D eigenvalue weighted by Gasteiger charge is 2.32. The number of hydrogen-bond donors (Lipinski definition) is 0. The Labute approximate surface area is 189 Å². The fraction of sp³-hybridized carbons (Fsp3) is 0.435. The Hall–Kier alpha value is -2.55. The summed E-state index contributed by atoms with van der Waals surface area (Å²) in [5.41, 5.74) is 0.719. The van der Waals surface area contributed by atoms with Gasteiger partial charge in [0.2, 0.25) is 0 Å². The van der Waals surface area contributed by atoms with Crippen LogP contribution in [0.25, 0.3) is 22.2 Å². The monoisotopic (exact) mass is 458 g/mol. The smallest absolute Gasteiger partial charge is 0.263 e. The Morgan fingerprint density at radius 2 is 2.06 bits per heavy atom. The van der Waals surface area contributed by atoms with E-state index in [1.54, 1.807) is 26.1 Å². The molecule has 0 radical (unpaired) electrons. The molecule has 0 bridgehead atoms. The number of pyridine rings is 1. The van der Waals surface area contributed by atoms with Gasteiger partial charge in [0.25, 0.3) is 5.56 Å². The molecule has 0 unspecified atom stereocenters. The fourth-order valence-corrected chi connectivity index (χ4v) is 4.59. The van der Waals surface area contributed by atoms with E-state index in [0.717, 1.165) is 13.0 Å². The molecule has 1 aromatic carbocycles. The Morgan fingerprint density at radius 3 is 2.81 bits per heavy atom. The van der Waals surface area contributed by atoms with Crippen molar-refractivity contribution in [3.63, 3.8) is 0 Å². The number of halogens is 2. The third-order valence-electron chi connectivity index (χ3n) is 6.37. The molecule has 0 N–H and O–H groups in total. The first-order chi connectivity index (χ1) is 15.4. The van der Waals surface area contributed by atoms with Crippen LogP contribution in [0, 0.1) is 18.7 Å². The second-order valence-corrected chi connectivity index (χ2v) is 8.79. The van der Waals surface area contributed by atoms with Gasteiger partial charge in [0.15, 0.2) is 0 Å².